The van der Waals surface area contributed by atoms with Crippen LogP contribution in [0.2, 0.25) is 10.0 Å². The van der Waals surface area contributed by atoms with Gasteiger partial charge in [0.05, 0.1) is 28.0 Å². The second kappa shape index (κ2) is 10.5. The SMILES string of the molecule is Cc1ccnc(C(C)C)c1-n1c(=O)nc(N2CCN[C@H](C)C2)c2cc(F)c(-c3c(N)c(Cl)c(F)c(Cl)c3F)nc21. The van der Waals surface area contributed by atoms with Crippen molar-refractivity contribution in [1.29, 1.82) is 0 Å². The number of nitrogens with one attached hydrogen (secondary N) is 1. The first-order valence-electron chi connectivity index (χ1n) is 12.6. The summed E-state index contributed by atoms with van der Waals surface area (Å²) >= 11 is 11.8. The molecule has 210 valence electrons. The molecule has 0 unspecified atom stereocenters. The lowest BCUT2D eigenvalue weighted by molar-refractivity contribution is 0.482. The van der Waals surface area contributed by atoms with E-state index in [2.05, 4.69) is 20.3 Å². The maximum atomic E-state index is 15.9. The zero-order valence-electron chi connectivity index (χ0n) is 22.1. The van der Waals surface area contributed by atoms with Gasteiger partial charge in [0.15, 0.2) is 23.1 Å². The molecule has 3 aromatic heterocycles. The number of aromatic nitrogens is 4. The molecule has 0 bridgehead atoms. The monoisotopic (exact) mass is 591 g/mol. The molecule has 0 spiro atoms. The largest absolute Gasteiger partial charge is 0.397 e. The molecule has 1 saturated heterocycles. The van der Waals surface area contributed by atoms with Crippen LogP contribution in [0.1, 0.15) is 37.9 Å². The molecule has 8 nitrogen and oxygen atoms in total. The van der Waals surface area contributed by atoms with Gasteiger partial charge < -0.3 is 16.0 Å². The average molecular weight is 592 g/mol. The maximum absolute atomic E-state index is 15.9. The van der Waals surface area contributed by atoms with E-state index in [1.54, 1.807) is 19.2 Å². The summed E-state index contributed by atoms with van der Waals surface area (Å²) in [6, 6.07) is 2.93. The number of nitrogens with zero attached hydrogens (tertiary/aromatic N) is 5. The number of rotatable bonds is 4. The Kier molecular flexibility index (Phi) is 7.41. The third-order valence-corrected chi connectivity index (χ3v) is 7.64. The first-order valence-corrected chi connectivity index (χ1v) is 13.4. The number of benzene rings is 1. The summed E-state index contributed by atoms with van der Waals surface area (Å²) < 4.78 is 46.7. The van der Waals surface area contributed by atoms with E-state index in [0.717, 1.165) is 6.07 Å². The van der Waals surface area contributed by atoms with Gasteiger partial charge in [-0.3, -0.25) is 4.98 Å². The van der Waals surface area contributed by atoms with Gasteiger partial charge in [0, 0.05) is 31.9 Å². The lowest BCUT2D eigenvalue weighted by Gasteiger charge is -2.33. The molecule has 1 aromatic carbocycles. The molecule has 1 fully saturated rings. The van der Waals surface area contributed by atoms with Crippen molar-refractivity contribution in [1.82, 2.24) is 24.8 Å². The Balaban J connectivity index is 1.93. The molecule has 1 atom stereocenters. The first kappa shape index (κ1) is 28.1. The molecule has 40 heavy (non-hydrogen) atoms. The molecule has 4 aromatic rings. The van der Waals surface area contributed by atoms with E-state index >= 15 is 8.78 Å². The van der Waals surface area contributed by atoms with Crippen molar-refractivity contribution in [3.63, 3.8) is 0 Å². The molecule has 0 aliphatic carbocycles. The number of hydrogen-bond acceptors (Lipinski definition) is 7. The molecule has 5 rings (SSSR count). The molecule has 0 radical (unpaired) electrons. The number of nitrogen functional groups attached to an aromatic ring is 1. The Labute approximate surface area is 238 Å². The predicted molar refractivity (Wildman–Crippen MR) is 151 cm³/mol. The minimum absolute atomic E-state index is 0.00837. The average Bonchev–Trinajstić information content (AvgIpc) is 2.91. The van der Waals surface area contributed by atoms with Crippen molar-refractivity contribution >= 4 is 45.7 Å². The topological polar surface area (TPSA) is 102 Å². The number of fused-ring (bicyclic) bond motifs is 1. The van der Waals surface area contributed by atoms with Gasteiger partial charge in [0.2, 0.25) is 0 Å². The summed E-state index contributed by atoms with van der Waals surface area (Å²) in [5, 5.41) is 1.90. The summed E-state index contributed by atoms with van der Waals surface area (Å²) in [5.74, 6) is -3.45. The fourth-order valence-electron chi connectivity index (χ4n) is 5.01. The Morgan fingerprint density at radius 3 is 2.55 bits per heavy atom. The summed E-state index contributed by atoms with van der Waals surface area (Å²) in [7, 11) is 0. The lowest BCUT2D eigenvalue weighted by Crippen LogP contribution is -2.50. The molecule has 3 N–H and O–H groups in total. The van der Waals surface area contributed by atoms with Gasteiger partial charge >= 0.3 is 5.69 Å². The molecule has 13 heteroatoms. The van der Waals surface area contributed by atoms with Crippen LogP contribution in [0.4, 0.5) is 24.7 Å². The standard InChI is InChI=1S/C27H26Cl2F3N7O/c1-11(2)22-24(12(3)5-6-35-22)39-26-14(25(37-27(39)40)38-8-7-34-13(4)10-38)9-15(30)23(36-26)16-19(31)17(28)20(32)18(29)21(16)33/h5-6,9,11,13,34H,7-8,10,33H2,1-4H3/t13-/m1/s1. The van der Waals surface area contributed by atoms with E-state index in [0.29, 0.717) is 36.6 Å². The van der Waals surface area contributed by atoms with E-state index in [4.69, 9.17) is 28.9 Å². The number of halogens is 5. The number of hydrogen-bond donors (Lipinski definition) is 2. The zero-order valence-corrected chi connectivity index (χ0v) is 23.6. The van der Waals surface area contributed by atoms with E-state index in [-0.39, 0.29) is 28.8 Å². The fraction of sp³-hybridized carbons (Fsp3) is 0.333. The summed E-state index contributed by atoms with van der Waals surface area (Å²) in [4.78, 5) is 29.0. The molecule has 1 aliphatic heterocycles. The highest BCUT2D eigenvalue weighted by Gasteiger charge is 2.29. The van der Waals surface area contributed by atoms with Crippen molar-refractivity contribution in [2.75, 3.05) is 30.3 Å². The van der Waals surface area contributed by atoms with Crippen LogP contribution in [0.25, 0.3) is 28.0 Å². The van der Waals surface area contributed by atoms with E-state index in [9.17, 15) is 9.18 Å². The highest BCUT2D eigenvalue weighted by Crippen LogP contribution is 2.42. The van der Waals surface area contributed by atoms with Crippen LogP contribution in [0, 0.1) is 24.4 Å². The van der Waals surface area contributed by atoms with Crippen molar-refractivity contribution < 1.29 is 13.2 Å². The van der Waals surface area contributed by atoms with Gasteiger partial charge in [0.1, 0.15) is 21.6 Å². The predicted octanol–water partition coefficient (Wildman–Crippen LogP) is 5.38. The molecular weight excluding hydrogens is 566 g/mol. The van der Waals surface area contributed by atoms with Crippen molar-refractivity contribution in [3.8, 4) is 16.9 Å². The number of piperazine rings is 1. The molecule has 0 saturated carbocycles. The fourth-order valence-corrected chi connectivity index (χ4v) is 5.44. The zero-order chi connectivity index (χ0) is 29.0. The maximum Gasteiger partial charge on any atom is 0.355 e. The van der Waals surface area contributed by atoms with Crippen LogP contribution in [0.15, 0.2) is 23.1 Å². The second-order valence-electron chi connectivity index (χ2n) is 10.1. The van der Waals surface area contributed by atoms with Gasteiger partial charge in [-0.05, 0) is 37.5 Å². The van der Waals surface area contributed by atoms with Crippen molar-refractivity contribution in [2.45, 2.75) is 39.7 Å². The van der Waals surface area contributed by atoms with E-state index in [1.807, 2.05) is 25.7 Å². The quantitative estimate of drug-likeness (QED) is 0.187. The number of aryl methyl sites for hydroxylation is 1. The van der Waals surface area contributed by atoms with Gasteiger partial charge in [-0.15, -0.1) is 0 Å². The molecule has 1 aliphatic rings. The van der Waals surface area contributed by atoms with Crippen molar-refractivity contribution in [2.24, 2.45) is 0 Å². The number of nitrogens with two attached hydrogens (primary N) is 1. The third kappa shape index (κ3) is 4.55. The minimum atomic E-state index is -1.33. The van der Waals surface area contributed by atoms with Gasteiger partial charge in [-0.25, -0.2) is 27.5 Å². The van der Waals surface area contributed by atoms with Crippen LogP contribution < -0.4 is 21.6 Å². The minimum Gasteiger partial charge on any atom is -0.397 e. The van der Waals surface area contributed by atoms with Gasteiger partial charge in [-0.2, -0.15) is 4.98 Å². The van der Waals surface area contributed by atoms with Crippen LogP contribution in [0.3, 0.4) is 0 Å². The smallest absolute Gasteiger partial charge is 0.355 e. The number of anilines is 2. The second-order valence-corrected chi connectivity index (χ2v) is 10.9. The molecule has 4 heterocycles. The Morgan fingerprint density at radius 1 is 1.15 bits per heavy atom. The van der Waals surface area contributed by atoms with E-state index < -0.39 is 50.1 Å². The first-order chi connectivity index (χ1) is 18.9. The molecule has 0 amide bonds. The molecular formula is C27H26Cl2F3N7O. The Bertz CT molecular complexity index is 1700. The van der Waals surface area contributed by atoms with Crippen molar-refractivity contribution in [3.05, 3.63) is 67.6 Å². The van der Waals surface area contributed by atoms with Crippen LogP contribution in [-0.2, 0) is 0 Å². The highest BCUT2D eigenvalue weighted by molar-refractivity contribution is 6.37. The van der Waals surface area contributed by atoms with E-state index in [1.165, 1.54) is 4.57 Å². The van der Waals surface area contributed by atoms with Crippen LogP contribution >= 0.6 is 23.2 Å². The third-order valence-electron chi connectivity index (χ3n) is 6.93. The summed E-state index contributed by atoms with van der Waals surface area (Å²) in [6.45, 7) is 9.24. The number of pyridine rings is 2. The lowest BCUT2D eigenvalue weighted by atomic mass is 10.0. The summed E-state index contributed by atoms with van der Waals surface area (Å²) in [5.41, 5.74) is 5.18. The Morgan fingerprint density at radius 2 is 1.88 bits per heavy atom. The normalized spacial score (nSPS) is 15.8. The summed E-state index contributed by atoms with van der Waals surface area (Å²) in [6.07, 6.45) is 1.63. The van der Waals surface area contributed by atoms with Crippen LogP contribution in [0.5, 0.6) is 0 Å². The van der Waals surface area contributed by atoms with Crippen LogP contribution in [-0.4, -0.2) is 45.2 Å². The van der Waals surface area contributed by atoms with Gasteiger partial charge in [0.25, 0.3) is 0 Å². The Hall–Kier alpha value is -3.41. The van der Waals surface area contributed by atoms with Gasteiger partial charge in [-0.1, -0.05) is 37.0 Å². The highest BCUT2D eigenvalue weighted by atomic mass is 35.5.